The van der Waals surface area contributed by atoms with Crippen LogP contribution < -0.4 is 5.32 Å². The number of carbonyl (C=O) groups excluding carboxylic acids is 1. The molecule has 132 valence electrons. The number of likely N-dealkylation sites (tertiary alicyclic amines) is 1. The van der Waals surface area contributed by atoms with Gasteiger partial charge in [0.05, 0.1) is 11.8 Å². The van der Waals surface area contributed by atoms with Crippen LogP contribution in [0, 0.1) is 25.7 Å². The number of amides is 1. The maximum atomic E-state index is 12.3. The van der Waals surface area contributed by atoms with Gasteiger partial charge in [-0.05, 0) is 57.9 Å². The van der Waals surface area contributed by atoms with Gasteiger partial charge in [0.15, 0.2) is 0 Å². The van der Waals surface area contributed by atoms with Crippen molar-refractivity contribution in [1.29, 1.82) is 0 Å². The smallest absolute Gasteiger partial charge is 0.249 e. The van der Waals surface area contributed by atoms with Crippen LogP contribution in [0.25, 0.3) is 0 Å². The molecular weight excluding hydrogens is 306 g/mol. The molecule has 0 spiro atoms. The number of ether oxygens (including phenoxy) is 1. The first kappa shape index (κ1) is 16.1. The summed E-state index contributed by atoms with van der Waals surface area (Å²) < 4.78 is 11.4. The van der Waals surface area contributed by atoms with E-state index in [1.54, 1.807) is 0 Å². The van der Waals surface area contributed by atoms with Crippen molar-refractivity contribution in [3.63, 3.8) is 0 Å². The number of aromatic nitrogens is 1. The highest BCUT2D eigenvalue weighted by Crippen LogP contribution is 2.34. The fraction of sp³-hybridized carbons (Fsp3) is 0.778. The fourth-order valence-electron chi connectivity index (χ4n) is 3.94. The van der Waals surface area contributed by atoms with Crippen molar-refractivity contribution in [2.45, 2.75) is 58.3 Å². The van der Waals surface area contributed by atoms with Crippen molar-refractivity contribution in [2.75, 3.05) is 19.6 Å². The van der Waals surface area contributed by atoms with Gasteiger partial charge < -0.3 is 14.6 Å². The van der Waals surface area contributed by atoms with Gasteiger partial charge in [-0.3, -0.25) is 9.69 Å². The zero-order valence-electron chi connectivity index (χ0n) is 14.6. The highest BCUT2D eigenvalue weighted by atomic mass is 16.5. The van der Waals surface area contributed by atoms with Crippen LogP contribution in [0.15, 0.2) is 4.52 Å². The normalized spacial score (nSPS) is 30.3. The van der Waals surface area contributed by atoms with Crippen LogP contribution in [-0.2, 0) is 16.1 Å². The summed E-state index contributed by atoms with van der Waals surface area (Å²) in [6, 6.07) is 0. The van der Waals surface area contributed by atoms with Crippen LogP contribution in [0.5, 0.6) is 0 Å². The van der Waals surface area contributed by atoms with E-state index in [-0.39, 0.29) is 18.1 Å². The first-order valence-corrected chi connectivity index (χ1v) is 9.17. The van der Waals surface area contributed by atoms with E-state index in [9.17, 15) is 4.79 Å². The molecule has 2 saturated heterocycles. The predicted octanol–water partition coefficient (Wildman–Crippen LogP) is 1.80. The first-order valence-electron chi connectivity index (χ1n) is 9.17. The minimum absolute atomic E-state index is 0.0913. The van der Waals surface area contributed by atoms with Crippen LogP contribution in [-0.4, -0.2) is 47.8 Å². The largest absolute Gasteiger partial charge is 0.364 e. The summed E-state index contributed by atoms with van der Waals surface area (Å²) in [6.45, 7) is 7.57. The third-order valence-electron chi connectivity index (χ3n) is 5.75. The second-order valence-corrected chi connectivity index (χ2v) is 7.67. The second kappa shape index (κ2) is 6.48. The van der Waals surface area contributed by atoms with Gasteiger partial charge >= 0.3 is 0 Å². The lowest BCUT2D eigenvalue weighted by molar-refractivity contribution is -0.132. The summed E-state index contributed by atoms with van der Waals surface area (Å²) >= 11 is 0. The van der Waals surface area contributed by atoms with Gasteiger partial charge in [0.1, 0.15) is 11.9 Å². The van der Waals surface area contributed by atoms with E-state index < -0.39 is 0 Å². The number of nitrogens with one attached hydrogen (secondary N) is 1. The Morgan fingerprint density at radius 3 is 2.88 bits per heavy atom. The monoisotopic (exact) mass is 333 g/mol. The molecule has 0 bridgehead atoms. The summed E-state index contributed by atoms with van der Waals surface area (Å²) in [5.74, 6) is 2.22. The molecule has 6 nitrogen and oxygen atoms in total. The lowest BCUT2D eigenvalue weighted by Crippen LogP contribution is -2.42. The summed E-state index contributed by atoms with van der Waals surface area (Å²) in [7, 11) is 0. The Balaban J connectivity index is 1.31. The highest BCUT2D eigenvalue weighted by molar-refractivity contribution is 5.81. The van der Waals surface area contributed by atoms with Gasteiger partial charge in [0.2, 0.25) is 5.91 Å². The molecule has 0 unspecified atom stereocenters. The Morgan fingerprint density at radius 2 is 2.17 bits per heavy atom. The highest BCUT2D eigenvalue weighted by Gasteiger charge is 2.42. The molecule has 24 heavy (non-hydrogen) atoms. The molecule has 0 aromatic carbocycles. The van der Waals surface area contributed by atoms with Crippen molar-refractivity contribution >= 4 is 5.91 Å². The molecule has 2 aliphatic heterocycles. The molecule has 1 aromatic heterocycles. The molecule has 3 atom stereocenters. The van der Waals surface area contributed by atoms with Crippen molar-refractivity contribution in [1.82, 2.24) is 15.4 Å². The number of hydrogen-bond donors (Lipinski definition) is 1. The second-order valence-electron chi connectivity index (χ2n) is 7.67. The summed E-state index contributed by atoms with van der Waals surface area (Å²) in [6.07, 6.45) is 4.41. The SMILES string of the molecule is Cc1noc(C)c1CN1CC[C@H]2C[C@@H](C(=O)NCC3CC3)O[C@H]2C1. The van der Waals surface area contributed by atoms with E-state index in [0.29, 0.717) is 11.8 Å². The van der Waals surface area contributed by atoms with Gasteiger partial charge in [-0.1, -0.05) is 5.16 Å². The van der Waals surface area contributed by atoms with E-state index in [1.165, 1.54) is 18.4 Å². The van der Waals surface area contributed by atoms with Crippen molar-refractivity contribution in [3.8, 4) is 0 Å². The molecule has 3 fully saturated rings. The molecule has 1 aliphatic carbocycles. The van der Waals surface area contributed by atoms with E-state index in [4.69, 9.17) is 9.26 Å². The fourth-order valence-corrected chi connectivity index (χ4v) is 3.94. The number of carbonyl (C=O) groups is 1. The van der Waals surface area contributed by atoms with Gasteiger partial charge in [-0.2, -0.15) is 0 Å². The van der Waals surface area contributed by atoms with E-state index >= 15 is 0 Å². The minimum Gasteiger partial charge on any atom is -0.364 e. The van der Waals surface area contributed by atoms with Crippen LogP contribution in [0.4, 0.5) is 0 Å². The number of piperidine rings is 1. The molecule has 6 heteroatoms. The molecule has 4 rings (SSSR count). The third-order valence-corrected chi connectivity index (χ3v) is 5.75. The van der Waals surface area contributed by atoms with Gasteiger partial charge in [-0.25, -0.2) is 0 Å². The Bertz CT molecular complexity index is 591. The standard InChI is InChI=1S/C18H27N3O3/c1-11-15(12(2)24-20-11)9-21-6-5-14-7-16(23-17(14)10-21)18(22)19-8-13-3-4-13/h13-14,16-17H,3-10H2,1-2H3,(H,19,22)/t14-,16-,17-/m0/s1. The average Bonchev–Trinajstić information content (AvgIpc) is 3.23. The van der Waals surface area contributed by atoms with Crippen LogP contribution in [0.3, 0.4) is 0 Å². The molecule has 1 amide bonds. The van der Waals surface area contributed by atoms with E-state index in [2.05, 4.69) is 15.4 Å². The number of fused-ring (bicyclic) bond motifs is 1. The van der Waals surface area contributed by atoms with Crippen molar-refractivity contribution in [3.05, 3.63) is 17.0 Å². The topological polar surface area (TPSA) is 67.6 Å². The maximum absolute atomic E-state index is 12.3. The van der Waals surface area contributed by atoms with E-state index in [0.717, 1.165) is 50.5 Å². The molecule has 1 N–H and O–H groups in total. The third kappa shape index (κ3) is 3.35. The maximum Gasteiger partial charge on any atom is 0.249 e. The lowest BCUT2D eigenvalue weighted by Gasteiger charge is -2.33. The van der Waals surface area contributed by atoms with E-state index in [1.807, 2.05) is 13.8 Å². The van der Waals surface area contributed by atoms with Crippen LogP contribution >= 0.6 is 0 Å². The Morgan fingerprint density at radius 1 is 1.33 bits per heavy atom. The Hall–Kier alpha value is -1.40. The zero-order chi connectivity index (χ0) is 16.7. The predicted molar refractivity (Wildman–Crippen MR) is 88.4 cm³/mol. The van der Waals surface area contributed by atoms with Crippen LogP contribution in [0.2, 0.25) is 0 Å². The Labute approximate surface area is 142 Å². The lowest BCUT2D eigenvalue weighted by atomic mass is 9.91. The molecule has 1 aromatic rings. The van der Waals surface area contributed by atoms with Gasteiger partial charge in [0.25, 0.3) is 0 Å². The number of rotatable bonds is 5. The Kier molecular flexibility index (Phi) is 4.35. The zero-order valence-corrected chi connectivity index (χ0v) is 14.6. The number of aryl methyl sites for hydroxylation is 2. The van der Waals surface area contributed by atoms with Crippen molar-refractivity contribution < 1.29 is 14.1 Å². The number of nitrogens with zero attached hydrogens (tertiary/aromatic N) is 2. The summed E-state index contributed by atoms with van der Waals surface area (Å²) in [5, 5.41) is 7.10. The van der Waals surface area contributed by atoms with Gasteiger partial charge in [0, 0.05) is 25.2 Å². The minimum atomic E-state index is -0.252. The van der Waals surface area contributed by atoms with Gasteiger partial charge in [-0.15, -0.1) is 0 Å². The first-order chi connectivity index (χ1) is 11.6. The summed E-state index contributed by atoms with van der Waals surface area (Å²) in [4.78, 5) is 14.7. The molecule has 3 aliphatic rings. The van der Waals surface area contributed by atoms with Crippen LogP contribution in [0.1, 0.15) is 42.7 Å². The molecule has 0 radical (unpaired) electrons. The average molecular weight is 333 g/mol. The summed E-state index contributed by atoms with van der Waals surface area (Å²) in [5.41, 5.74) is 2.16. The quantitative estimate of drug-likeness (QED) is 0.890. The molecule has 1 saturated carbocycles. The number of hydrogen-bond acceptors (Lipinski definition) is 5. The van der Waals surface area contributed by atoms with Crippen molar-refractivity contribution in [2.24, 2.45) is 11.8 Å². The molecular formula is C18H27N3O3. The molecule has 3 heterocycles.